The van der Waals surface area contributed by atoms with Crippen molar-refractivity contribution in [2.24, 2.45) is 0 Å². The van der Waals surface area contributed by atoms with Crippen molar-refractivity contribution in [2.45, 2.75) is 58.0 Å². The highest BCUT2D eigenvalue weighted by atomic mass is 19.1. The van der Waals surface area contributed by atoms with E-state index in [1.807, 2.05) is 0 Å². The molecule has 0 spiro atoms. The zero-order valence-corrected chi connectivity index (χ0v) is 17.6. The molecule has 0 radical (unpaired) electrons. The number of aromatic carboxylic acids is 1. The minimum atomic E-state index is -1.39. The van der Waals surface area contributed by atoms with Crippen LogP contribution in [-0.4, -0.2) is 38.5 Å². The van der Waals surface area contributed by atoms with Gasteiger partial charge in [-0.1, -0.05) is 6.07 Å². The number of carboxylic acids is 1. The summed E-state index contributed by atoms with van der Waals surface area (Å²) in [5.74, 6) is -2.03. The van der Waals surface area contributed by atoms with Crippen LogP contribution in [0.15, 0.2) is 24.4 Å². The highest BCUT2D eigenvalue weighted by molar-refractivity contribution is 5.91. The zero-order valence-electron chi connectivity index (χ0n) is 17.6. The van der Waals surface area contributed by atoms with Crippen molar-refractivity contribution < 1.29 is 28.6 Å². The van der Waals surface area contributed by atoms with Crippen LogP contribution in [0.2, 0.25) is 0 Å². The number of anilines is 1. The summed E-state index contributed by atoms with van der Waals surface area (Å²) in [6, 6.07) is 3.59. The first-order chi connectivity index (χ1) is 14.5. The minimum Gasteiger partial charge on any atom is -0.478 e. The Morgan fingerprint density at radius 2 is 1.90 bits per heavy atom. The van der Waals surface area contributed by atoms with E-state index in [1.165, 1.54) is 12.3 Å². The molecule has 0 unspecified atom stereocenters. The first kappa shape index (κ1) is 22.3. The van der Waals surface area contributed by atoms with E-state index in [0.29, 0.717) is 31.4 Å². The highest BCUT2D eigenvalue weighted by Gasteiger charge is 2.25. The van der Waals surface area contributed by atoms with Gasteiger partial charge in [0.2, 0.25) is 0 Å². The van der Waals surface area contributed by atoms with Crippen LogP contribution in [0.25, 0.3) is 11.3 Å². The molecular formula is C22H24FN3O5. The van der Waals surface area contributed by atoms with Gasteiger partial charge in [-0.15, -0.1) is 0 Å². The quantitative estimate of drug-likeness (QED) is 0.731. The topological polar surface area (TPSA) is 118 Å². The Morgan fingerprint density at radius 1 is 1.23 bits per heavy atom. The largest absolute Gasteiger partial charge is 0.478 e. The Bertz CT molecular complexity index is 1020. The van der Waals surface area contributed by atoms with Crippen LogP contribution in [0, 0.1) is 5.82 Å². The number of carbonyl (C=O) groups excluding carboxylic acids is 2. The van der Waals surface area contributed by atoms with Gasteiger partial charge in [0, 0.05) is 24.3 Å². The molecule has 1 aromatic carbocycles. The summed E-state index contributed by atoms with van der Waals surface area (Å²) in [5, 5.41) is 11.6. The standard InChI is InChI=1S/C22H24FN3O5/c1-22(2,3)31-21(30)26-19-18(13-6-9-15(20(28)29)16(23)10-13)25-17(11-24-19)12-4-7-14(27)8-5-12/h6,9-12H,4-5,7-8H2,1-3H3,(H,28,29)(H,24,26,30). The second kappa shape index (κ2) is 8.79. The molecule has 1 amide bonds. The lowest BCUT2D eigenvalue weighted by atomic mass is 9.86. The predicted molar refractivity (Wildman–Crippen MR) is 110 cm³/mol. The van der Waals surface area contributed by atoms with E-state index in [9.17, 15) is 18.8 Å². The molecular weight excluding hydrogens is 405 g/mol. The SMILES string of the molecule is CC(C)(C)OC(=O)Nc1ncc(C2CCC(=O)CC2)nc1-c1ccc(C(=O)O)c(F)c1. The first-order valence-corrected chi connectivity index (χ1v) is 9.95. The average molecular weight is 429 g/mol. The third-order valence-electron chi connectivity index (χ3n) is 4.84. The Labute approximate surface area is 178 Å². The number of aromatic nitrogens is 2. The summed E-state index contributed by atoms with van der Waals surface area (Å²) >= 11 is 0. The van der Waals surface area contributed by atoms with E-state index in [2.05, 4.69) is 15.3 Å². The van der Waals surface area contributed by atoms with Crippen molar-refractivity contribution >= 4 is 23.7 Å². The summed E-state index contributed by atoms with van der Waals surface area (Å²) in [5.41, 5.74) is -0.132. The highest BCUT2D eigenvalue weighted by Crippen LogP contribution is 2.33. The molecule has 0 atom stereocenters. The van der Waals surface area contributed by atoms with Crippen molar-refractivity contribution in [3.63, 3.8) is 0 Å². The van der Waals surface area contributed by atoms with Crippen molar-refractivity contribution in [3.05, 3.63) is 41.5 Å². The zero-order chi connectivity index (χ0) is 22.8. The first-order valence-electron chi connectivity index (χ1n) is 9.95. The number of amides is 1. The average Bonchev–Trinajstić information content (AvgIpc) is 2.67. The number of hydrogen-bond acceptors (Lipinski definition) is 6. The summed E-state index contributed by atoms with van der Waals surface area (Å²) < 4.78 is 19.6. The molecule has 3 rings (SSSR count). The molecule has 31 heavy (non-hydrogen) atoms. The van der Waals surface area contributed by atoms with Crippen LogP contribution in [0.5, 0.6) is 0 Å². The molecule has 2 aromatic rings. The number of ether oxygens (including phenoxy) is 1. The third kappa shape index (κ3) is 5.62. The maximum Gasteiger partial charge on any atom is 0.413 e. The van der Waals surface area contributed by atoms with E-state index in [4.69, 9.17) is 9.84 Å². The second-order valence-electron chi connectivity index (χ2n) is 8.43. The van der Waals surface area contributed by atoms with Gasteiger partial charge in [-0.3, -0.25) is 10.1 Å². The summed E-state index contributed by atoms with van der Waals surface area (Å²) in [7, 11) is 0. The van der Waals surface area contributed by atoms with Crippen LogP contribution in [0.3, 0.4) is 0 Å². The lowest BCUT2D eigenvalue weighted by Gasteiger charge is -2.22. The monoisotopic (exact) mass is 429 g/mol. The summed E-state index contributed by atoms with van der Waals surface area (Å²) in [4.78, 5) is 43.8. The fourth-order valence-corrected chi connectivity index (χ4v) is 3.36. The van der Waals surface area contributed by atoms with E-state index in [0.717, 1.165) is 12.1 Å². The van der Waals surface area contributed by atoms with E-state index < -0.39 is 29.0 Å². The number of Topliss-reactive ketones (excluding diaryl/α,β-unsaturated/α-hetero) is 1. The molecule has 1 aliphatic carbocycles. The Morgan fingerprint density at radius 3 is 2.48 bits per heavy atom. The Hall–Kier alpha value is -3.36. The van der Waals surface area contributed by atoms with Crippen molar-refractivity contribution in [3.8, 4) is 11.3 Å². The van der Waals surface area contributed by atoms with Crippen molar-refractivity contribution in [2.75, 3.05) is 5.32 Å². The number of carboxylic acid groups (broad SMARTS) is 1. The lowest BCUT2D eigenvalue weighted by Crippen LogP contribution is -2.28. The van der Waals surface area contributed by atoms with Crippen LogP contribution in [0.1, 0.15) is 68.4 Å². The third-order valence-corrected chi connectivity index (χ3v) is 4.84. The number of benzene rings is 1. The summed E-state index contributed by atoms with van der Waals surface area (Å²) in [6.45, 7) is 5.14. The van der Waals surface area contributed by atoms with Crippen molar-refractivity contribution in [1.29, 1.82) is 0 Å². The molecule has 1 heterocycles. The van der Waals surface area contributed by atoms with Crippen LogP contribution in [-0.2, 0) is 9.53 Å². The van der Waals surface area contributed by atoms with E-state index in [-0.39, 0.29) is 28.8 Å². The van der Waals surface area contributed by atoms with Crippen LogP contribution >= 0.6 is 0 Å². The van der Waals surface area contributed by atoms with Gasteiger partial charge in [0.1, 0.15) is 22.9 Å². The molecule has 1 fully saturated rings. The molecule has 0 saturated heterocycles. The molecule has 164 valence electrons. The number of hydrogen-bond donors (Lipinski definition) is 2. The molecule has 8 nitrogen and oxygen atoms in total. The van der Waals surface area contributed by atoms with Crippen molar-refractivity contribution in [1.82, 2.24) is 9.97 Å². The Kier molecular flexibility index (Phi) is 6.33. The van der Waals surface area contributed by atoms with Gasteiger partial charge < -0.3 is 9.84 Å². The molecule has 9 heteroatoms. The summed E-state index contributed by atoms with van der Waals surface area (Å²) in [6.07, 6.45) is 2.97. The number of halogens is 1. The predicted octanol–water partition coefficient (Wildman–Crippen LogP) is 4.55. The normalized spacial score (nSPS) is 14.9. The minimum absolute atomic E-state index is 0.0164. The number of nitrogens with one attached hydrogen (secondary N) is 1. The molecule has 0 bridgehead atoms. The number of carbonyl (C=O) groups is 3. The number of rotatable bonds is 4. The molecule has 1 aliphatic rings. The molecule has 1 saturated carbocycles. The number of nitrogens with zero attached hydrogens (tertiary/aromatic N) is 2. The molecule has 0 aliphatic heterocycles. The second-order valence-corrected chi connectivity index (χ2v) is 8.43. The van der Waals surface area contributed by atoms with Crippen LogP contribution in [0.4, 0.5) is 15.0 Å². The van der Waals surface area contributed by atoms with Gasteiger partial charge in [0.25, 0.3) is 0 Å². The van der Waals surface area contributed by atoms with Gasteiger partial charge in [-0.25, -0.2) is 23.9 Å². The fourth-order valence-electron chi connectivity index (χ4n) is 3.36. The van der Waals surface area contributed by atoms with Gasteiger partial charge in [-0.2, -0.15) is 0 Å². The lowest BCUT2D eigenvalue weighted by molar-refractivity contribution is -0.120. The van der Waals surface area contributed by atoms with Gasteiger partial charge in [0.15, 0.2) is 5.82 Å². The van der Waals surface area contributed by atoms with E-state index >= 15 is 0 Å². The smallest absolute Gasteiger partial charge is 0.413 e. The van der Waals surface area contributed by atoms with Gasteiger partial charge in [-0.05, 0) is 45.7 Å². The maximum atomic E-state index is 14.3. The van der Waals surface area contributed by atoms with Gasteiger partial charge >= 0.3 is 12.1 Å². The number of ketones is 1. The molecule has 1 aromatic heterocycles. The van der Waals surface area contributed by atoms with E-state index in [1.54, 1.807) is 20.8 Å². The fraction of sp³-hybridized carbons (Fsp3) is 0.409. The van der Waals surface area contributed by atoms with Gasteiger partial charge in [0.05, 0.1) is 17.5 Å². The molecule has 2 N–H and O–H groups in total. The Balaban J connectivity index is 2.00. The maximum absolute atomic E-state index is 14.3. The van der Waals surface area contributed by atoms with Crippen LogP contribution < -0.4 is 5.32 Å².